The Bertz CT molecular complexity index is 1210. The van der Waals surface area contributed by atoms with Crippen molar-refractivity contribution >= 4 is 17.8 Å². The number of carbonyl (C=O) groups is 2. The molecule has 10 nitrogen and oxygen atoms in total. The summed E-state index contributed by atoms with van der Waals surface area (Å²) in [6, 6.07) is 3.75. The highest BCUT2D eigenvalue weighted by Crippen LogP contribution is 2.35. The van der Waals surface area contributed by atoms with Crippen molar-refractivity contribution in [3.63, 3.8) is 0 Å². The maximum absolute atomic E-state index is 14.1. The van der Waals surface area contributed by atoms with Gasteiger partial charge in [0.2, 0.25) is 0 Å². The normalized spacial score (nSPS) is 15.4. The Morgan fingerprint density at radius 3 is 2.41 bits per heavy atom. The number of aromatic nitrogens is 3. The number of carbonyl (C=O) groups excluding carboxylic acids is 2. The van der Waals surface area contributed by atoms with E-state index in [1.54, 1.807) is 9.80 Å². The lowest BCUT2D eigenvalue weighted by atomic mass is 10.1. The molecule has 2 amide bonds. The molecule has 2 aliphatic rings. The molecule has 0 unspecified atom stereocenters. The van der Waals surface area contributed by atoms with Crippen LogP contribution in [0.25, 0.3) is 0 Å². The number of amides is 2. The third-order valence-electron chi connectivity index (χ3n) is 6.15. The standard InChI is InChI=1S/C26H33FN6O4/c1-7-33(16(2)3)24(34)20-10-19(27)8-9-21(20)36-23-22(28-15-29-30-23)31-11-17-13-32(14-18(17)12-31)25(35)37-26(4,5)6/h8-10,15-16H,7,11-14H2,1-6H3. The van der Waals surface area contributed by atoms with Crippen molar-refractivity contribution in [1.82, 2.24) is 25.0 Å². The maximum Gasteiger partial charge on any atom is 0.410 e. The van der Waals surface area contributed by atoms with E-state index in [4.69, 9.17) is 9.47 Å². The second kappa shape index (κ2) is 10.3. The van der Waals surface area contributed by atoms with Gasteiger partial charge in [-0.2, -0.15) is 0 Å². The largest absolute Gasteiger partial charge is 0.444 e. The van der Waals surface area contributed by atoms with Crippen molar-refractivity contribution in [3.8, 4) is 11.6 Å². The van der Waals surface area contributed by atoms with E-state index in [-0.39, 0.29) is 35.2 Å². The third kappa shape index (κ3) is 5.81. The molecule has 37 heavy (non-hydrogen) atoms. The molecule has 0 saturated heterocycles. The SMILES string of the molecule is CCN(C(=O)c1cc(F)ccc1Oc1nncnc1N1CC2=C(CN(C(=O)OC(C)(C)C)C2)C1)C(C)C. The Morgan fingerprint density at radius 2 is 1.81 bits per heavy atom. The minimum absolute atomic E-state index is 0.0688. The molecular formula is C26H33FN6O4. The summed E-state index contributed by atoms with van der Waals surface area (Å²) in [4.78, 5) is 35.4. The number of anilines is 1. The van der Waals surface area contributed by atoms with Crippen molar-refractivity contribution in [1.29, 1.82) is 0 Å². The van der Waals surface area contributed by atoms with Crippen LogP contribution in [0, 0.1) is 5.82 Å². The summed E-state index contributed by atoms with van der Waals surface area (Å²) in [6.45, 7) is 13.7. The van der Waals surface area contributed by atoms with Gasteiger partial charge < -0.3 is 24.2 Å². The van der Waals surface area contributed by atoms with E-state index in [1.807, 2.05) is 46.4 Å². The van der Waals surface area contributed by atoms with Crippen molar-refractivity contribution in [2.75, 3.05) is 37.6 Å². The fraction of sp³-hybridized carbons (Fsp3) is 0.500. The number of ether oxygens (including phenoxy) is 2. The molecule has 4 rings (SSSR count). The number of benzene rings is 1. The van der Waals surface area contributed by atoms with E-state index < -0.39 is 11.4 Å². The number of hydrogen-bond donors (Lipinski definition) is 0. The molecular weight excluding hydrogens is 479 g/mol. The highest BCUT2D eigenvalue weighted by molar-refractivity contribution is 5.97. The van der Waals surface area contributed by atoms with Crippen LogP contribution in [0.2, 0.25) is 0 Å². The highest BCUT2D eigenvalue weighted by Gasteiger charge is 2.36. The second-order valence-corrected chi connectivity index (χ2v) is 10.4. The van der Waals surface area contributed by atoms with Crippen molar-refractivity contribution in [2.45, 2.75) is 53.2 Å². The summed E-state index contributed by atoms with van der Waals surface area (Å²) < 4.78 is 25.7. The van der Waals surface area contributed by atoms with Gasteiger partial charge in [0.1, 0.15) is 23.5 Å². The topological polar surface area (TPSA) is 101 Å². The molecule has 11 heteroatoms. The van der Waals surface area contributed by atoms with Gasteiger partial charge in [-0.05, 0) is 70.9 Å². The van der Waals surface area contributed by atoms with E-state index in [0.717, 1.165) is 11.1 Å². The minimum Gasteiger partial charge on any atom is -0.444 e. The molecule has 0 atom stereocenters. The summed E-state index contributed by atoms with van der Waals surface area (Å²) in [5.74, 6) is -0.143. The fourth-order valence-electron chi connectivity index (χ4n) is 4.49. The second-order valence-electron chi connectivity index (χ2n) is 10.4. The van der Waals surface area contributed by atoms with Crippen LogP contribution in [0.5, 0.6) is 11.6 Å². The molecule has 1 aromatic carbocycles. The van der Waals surface area contributed by atoms with E-state index >= 15 is 0 Å². The minimum atomic E-state index is -0.557. The molecule has 198 valence electrons. The first-order valence-electron chi connectivity index (χ1n) is 12.4. The number of halogens is 1. The molecule has 1 aromatic heterocycles. The van der Waals surface area contributed by atoms with Crippen molar-refractivity contribution in [3.05, 3.63) is 47.1 Å². The number of rotatable bonds is 6. The van der Waals surface area contributed by atoms with Gasteiger partial charge in [0, 0.05) is 38.8 Å². The monoisotopic (exact) mass is 512 g/mol. The Morgan fingerprint density at radius 1 is 1.14 bits per heavy atom. The molecule has 0 saturated carbocycles. The molecule has 2 aliphatic heterocycles. The first-order chi connectivity index (χ1) is 17.5. The van der Waals surface area contributed by atoms with Crippen LogP contribution in [-0.4, -0.2) is 81.3 Å². The van der Waals surface area contributed by atoms with E-state index in [9.17, 15) is 14.0 Å². The Labute approximate surface area is 216 Å². The quantitative estimate of drug-likeness (QED) is 0.535. The van der Waals surface area contributed by atoms with Crippen LogP contribution in [0.1, 0.15) is 51.9 Å². The molecule has 3 heterocycles. The van der Waals surface area contributed by atoms with Gasteiger partial charge in [0.15, 0.2) is 5.82 Å². The molecule has 2 aromatic rings. The molecule has 0 spiro atoms. The smallest absolute Gasteiger partial charge is 0.410 e. The van der Waals surface area contributed by atoms with Crippen LogP contribution in [-0.2, 0) is 4.74 Å². The van der Waals surface area contributed by atoms with Crippen molar-refractivity contribution < 1.29 is 23.5 Å². The predicted octanol–water partition coefficient (Wildman–Crippen LogP) is 4.04. The molecule has 0 N–H and O–H groups in total. The summed E-state index contributed by atoms with van der Waals surface area (Å²) >= 11 is 0. The van der Waals surface area contributed by atoms with Gasteiger partial charge in [-0.1, -0.05) is 0 Å². The van der Waals surface area contributed by atoms with Gasteiger partial charge in [0.25, 0.3) is 11.8 Å². The van der Waals surface area contributed by atoms with Gasteiger partial charge in [0.05, 0.1) is 5.56 Å². The Hall–Kier alpha value is -3.76. The van der Waals surface area contributed by atoms with E-state index in [0.29, 0.717) is 38.5 Å². The first kappa shape index (κ1) is 26.3. The number of hydrogen-bond acceptors (Lipinski definition) is 8. The van der Waals surface area contributed by atoms with Crippen LogP contribution >= 0.6 is 0 Å². The lowest BCUT2D eigenvalue weighted by molar-refractivity contribution is 0.0297. The lowest BCUT2D eigenvalue weighted by Crippen LogP contribution is -2.38. The van der Waals surface area contributed by atoms with E-state index in [1.165, 1.54) is 24.5 Å². The zero-order valence-electron chi connectivity index (χ0n) is 22.1. The van der Waals surface area contributed by atoms with Crippen LogP contribution in [0.15, 0.2) is 35.7 Å². The third-order valence-corrected chi connectivity index (χ3v) is 6.15. The van der Waals surface area contributed by atoms with Crippen LogP contribution in [0.3, 0.4) is 0 Å². The van der Waals surface area contributed by atoms with Gasteiger partial charge in [-0.25, -0.2) is 14.2 Å². The summed E-state index contributed by atoms with van der Waals surface area (Å²) in [6.07, 6.45) is 0.990. The summed E-state index contributed by atoms with van der Waals surface area (Å²) in [5, 5.41) is 7.98. The zero-order valence-corrected chi connectivity index (χ0v) is 22.1. The lowest BCUT2D eigenvalue weighted by Gasteiger charge is -2.27. The Kier molecular flexibility index (Phi) is 7.33. The first-order valence-corrected chi connectivity index (χ1v) is 12.4. The highest BCUT2D eigenvalue weighted by atomic mass is 19.1. The van der Waals surface area contributed by atoms with E-state index in [2.05, 4.69) is 15.2 Å². The average molecular weight is 513 g/mol. The van der Waals surface area contributed by atoms with Gasteiger partial charge in [-0.15, -0.1) is 10.2 Å². The maximum atomic E-state index is 14.1. The molecule has 0 radical (unpaired) electrons. The summed E-state index contributed by atoms with van der Waals surface area (Å²) in [5.41, 5.74) is 1.77. The zero-order chi connectivity index (χ0) is 26.9. The average Bonchev–Trinajstić information content (AvgIpc) is 3.39. The molecule has 0 fully saturated rings. The molecule has 0 bridgehead atoms. The van der Waals surface area contributed by atoms with Crippen LogP contribution < -0.4 is 9.64 Å². The van der Waals surface area contributed by atoms with Crippen molar-refractivity contribution in [2.24, 2.45) is 0 Å². The van der Waals surface area contributed by atoms with Gasteiger partial charge >= 0.3 is 6.09 Å². The number of nitrogens with zero attached hydrogens (tertiary/aromatic N) is 6. The molecule has 0 aliphatic carbocycles. The fourth-order valence-corrected chi connectivity index (χ4v) is 4.49. The summed E-state index contributed by atoms with van der Waals surface area (Å²) in [7, 11) is 0. The Balaban J connectivity index is 1.52. The van der Waals surface area contributed by atoms with Gasteiger partial charge in [-0.3, -0.25) is 4.79 Å². The van der Waals surface area contributed by atoms with Crippen LogP contribution in [0.4, 0.5) is 15.0 Å². The predicted molar refractivity (Wildman–Crippen MR) is 135 cm³/mol.